The average molecular weight is 244 g/mol. The first-order chi connectivity index (χ1) is 8.08. The fraction of sp³-hybridized carbons (Fsp3) is 0.286. The molecule has 86 valence electrons. The van der Waals surface area contributed by atoms with E-state index >= 15 is 0 Å². The van der Waals surface area contributed by atoms with E-state index in [2.05, 4.69) is 28.8 Å². The molecule has 0 saturated heterocycles. The van der Waals surface area contributed by atoms with Gasteiger partial charge >= 0.3 is 0 Å². The summed E-state index contributed by atoms with van der Waals surface area (Å²) in [5.74, 6) is 0.274. The Labute approximate surface area is 105 Å². The second kappa shape index (κ2) is 3.57. The lowest BCUT2D eigenvalue weighted by Gasteiger charge is -2.17. The van der Waals surface area contributed by atoms with E-state index in [1.54, 1.807) is 11.8 Å². The molecule has 0 amide bonds. The summed E-state index contributed by atoms with van der Waals surface area (Å²) < 4.78 is 1.72. The van der Waals surface area contributed by atoms with Gasteiger partial charge in [0.15, 0.2) is 6.20 Å². The number of pyridine rings is 1. The zero-order valence-corrected chi connectivity index (χ0v) is 10.8. The molecule has 0 radical (unpaired) electrons. The van der Waals surface area contributed by atoms with Gasteiger partial charge in [0.25, 0.3) is 0 Å². The molecule has 3 heteroatoms. The highest BCUT2D eigenvalue weighted by Crippen LogP contribution is 2.37. The monoisotopic (exact) mass is 244 g/mol. The van der Waals surface area contributed by atoms with E-state index < -0.39 is 0 Å². The van der Waals surface area contributed by atoms with Crippen LogP contribution in [-0.4, -0.2) is 10.5 Å². The summed E-state index contributed by atoms with van der Waals surface area (Å²) in [4.78, 5) is 13.4. The molecule has 2 nitrogen and oxygen atoms in total. The van der Waals surface area contributed by atoms with Crippen molar-refractivity contribution in [2.24, 2.45) is 0 Å². The molecule has 0 saturated carbocycles. The Morgan fingerprint density at radius 1 is 1.24 bits per heavy atom. The minimum Gasteiger partial charge on any atom is -0.291 e. The van der Waals surface area contributed by atoms with Gasteiger partial charge in [0.2, 0.25) is 17.8 Å². The molecule has 0 unspecified atom stereocenters. The summed E-state index contributed by atoms with van der Waals surface area (Å²) >= 11 is 1.67. The standard InChI is InChI=1S/C14H14NOS/c1-14(2)12(16)9-15-8-4-6-10-5-3-7-11(17-14)13(10)15/h3-8H,9H2,1-2H3/q+1. The maximum absolute atomic E-state index is 12.2. The third-order valence-electron chi connectivity index (χ3n) is 3.21. The number of ketones is 1. The van der Waals surface area contributed by atoms with E-state index in [9.17, 15) is 4.79 Å². The second-order valence-corrected chi connectivity index (χ2v) is 6.53. The Morgan fingerprint density at radius 2 is 2.00 bits per heavy atom. The van der Waals surface area contributed by atoms with E-state index in [1.807, 2.05) is 26.1 Å². The zero-order valence-electron chi connectivity index (χ0n) is 9.93. The average Bonchev–Trinajstić information content (AvgIpc) is 2.37. The van der Waals surface area contributed by atoms with Crippen LogP contribution in [0.4, 0.5) is 0 Å². The lowest BCUT2D eigenvalue weighted by molar-refractivity contribution is -0.659. The third-order valence-corrected chi connectivity index (χ3v) is 4.50. The predicted octanol–water partition coefficient (Wildman–Crippen LogP) is 2.58. The van der Waals surface area contributed by atoms with E-state index in [0.717, 1.165) is 0 Å². The molecule has 2 heterocycles. The van der Waals surface area contributed by atoms with Crippen LogP contribution in [0.1, 0.15) is 13.8 Å². The lowest BCUT2D eigenvalue weighted by Crippen LogP contribution is -2.42. The number of benzene rings is 1. The van der Waals surface area contributed by atoms with Crippen LogP contribution < -0.4 is 4.57 Å². The van der Waals surface area contributed by atoms with Gasteiger partial charge in [-0.1, -0.05) is 6.07 Å². The van der Waals surface area contributed by atoms with Crippen molar-refractivity contribution in [1.82, 2.24) is 0 Å². The Hall–Kier alpha value is -1.35. The van der Waals surface area contributed by atoms with Gasteiger partial charge in [-0.25, -0.2) is 0 Å². The second-order valence-electron chi connectivity index (χ2n) is 4.87. The maximum atomic E-state index is 12.2. The molecule has 17 heavy (non-hydrogen) atoms. The van der Waals surface area contributed by atoms with E-state index in [0.29, 0.717) is 6.54 Å². The van der Waals surface area contributed by atoms with Gasteiger partial charge in [-0.2, -0.15) is 4.57 Å². The van der Waals surface area contributed by atoms with Gasteiger partial charge < -0.3 is 0 Å². The Morgan fingerprint density at radius 3 is 2.82 bits per heavy atom. The van der Waals surface area contributed by atoms with Crippen molar-refractivity contribution in [1.29, 1.82) is 0 Å². The van der Waals surface area contributed by atoms with Crippen LogP contribution in [0.25, 0.3) is 10.9 Å². The molecule has 0 atom stereocenters. The van der Waals surface area contributed by atoms with E-state index in [-0.39, 0.29) is 10.5 Å². The number of hydrogen-bond donors (Lipinski definition) is 0. The number of hydrogen-bond acceptors (Lipinski definition) is 2. The Kier molecular flexibility index (Phi) is 2.26. The largest absolute Gasteiger partial charge is 0.291 e. The maximum Gasteiger partial charge on any atom is 0.226 e. The van der Waals surface area contributed by atoms with Crippen LogP contribution in [0, 0.1) is 0 Å². The lowest BCUT2D eigenvalue weighted by atomic mass is 10.1. The highest BCUT2D eigenvalue weighted by molar-refractivity contribution is 8.01. The quantitative estimate of drug-likeness (QED) is 0.664. The number of Topliss-reactive ketones (excluding diaryl/α,β-unsaturated/α-hetero) is 1. The number of thioether (sulfide) groups is 1. The molecular weight excluding hydrogens is 230 g/mol. The number of carbonyl (C=O) groups excluding carboxylic acids is 1. The van der Waals surface area contributed by atoms with E-state index in [4.69, 9.17) is 0 Å². The molecule has 1 aliphatic rings. The van der Waals surface area contributed by atoms with Crippen molar-refractivity contribution in [2.45, 2.75) is 30.0 Å². The number of nitrogens with zero attached hydrogens (tertiary/aromatic N) is 1. The molecule has 0 N–H and O–H groups in total. The Bertz CT molecular complexity index is 613. The minimum absolute atomic E-state index is 0.274. The fourth-order valence-corrected chi connectivity index (χ4v) is 3.40. The van der Waals surface area contributed by atoms with Crippen LogP contribution in [0.3, 0.4) is 0 Å². The highest BCUT2D eigenvalue weighted by Gasteiger charge is 2.36. The van der Waals surface area contributed by atoms with Crippen molar-refractivity contribution >= 4 is 28.4 Å². The SMILES string of the molecule is CC1(C)Sc2cccc3ccc[n+](c23)CC1=O. The zero-order chi connectivity index (χ0) is 12.0. The topological polar surface area (TPSA) is 20.9 Å². The molecule has 0 aliphatic carbocycles. The normalized spacial score (nSPS) is 18.1. The summed E-state index contributed by atoms with van der Waals surface area (Å²) in [6.07, 6.45) is 1.99. The molecule has 1 aliphatic heterocycles. The molecule has 1 aromatic carbocycles. The number of aromatic nitrogens is 1. The minimum atomic E-state index is -0.347. The third kappa shape index (κ3) is 1.65. The molecule has 3 rings (SSSR count). The van der Waals surface area contributed by atoms with Crippen LogP contribution in [0.15, 0.2) is 41.4 Å². The first-order valence-electron chi connectivity index (χ1n) is 5.71. The van der Waals surface area contributed by atoms with Crippen LogP contribution >= 0.6 is 11.8 Å². The molecule has 0 fully saturated rings. The van der Waals surface area contributed by atoms with Crippen molar-refractivity contribution in [3.8, 4) is 0 Å². The molecule has 1 aromatic heterocycles. The van der Waals surface area contributed by atoms with Crippen molar-refractivity contribution < 1.29 is 9.36 Å². The molecular formula is C14H14NOS+. The molecule has 0 bridgehead atoms. The van der Waals surface area contributed by atoms with Crippen LogP contribution in [-0.2, 0) is 11.3 Å². The van der Waals surface area contributed by atoms with Crippen LogP contribution in [0.2, 0.25) is 0 Å². The van der Waals surface area contributed by atoms with E-state index in [1.165, 1.54) is 15.8 Å². The highest BCUT2D eigenvalue weighted by atomic mass is 32.2. The number of rotatable bonds is 0. The first kappa shape index (κ1) is 10.8. The smallest absolute Gasteiger partial charge is 0.226 e. The van der Waals surface area contributed by atoms with Gasteiger partial charge in [0, 0.05) is 11.5 Å². The van der Waals surface area contributed by atoms with Gasteiger partial charge in [-0.05, 0) is 32.0 Å². The van der Waals surface area contributed by atoms with Gasteiger partial charge in [-0.3, -0.25) is 4.79 Å². The predicted molar refractivity (Wildman–Crippen MR) is 69.1 cm³/mol. The summed E-state index contributed by atoms with van der Waals surface area (Å²) in [5.41, 5.74) is 1.18. The van der Waals surface area contributed by atoms with Gasteiger partial charge in [-0.15, -0.1) is 11.8 Å². The van der Waals surface area contributed by atoms with Crippen molar-refractivity contribution in [3.05, 3.63) is 36.5 Å². The number of carbonyl (C=O) groups is 1. The Balaban J connectivity index is 2.34. The summed E-state index contributed by atoms with van der Waals surface area (Å²) in [6.45, 7) is 4.48. The summed E-state index contributed by atoms with van der Waals surface area (Å²) in [7, 11) is 0. The van der Waals surface area contributed by atoms with Crippen molar-refractivity contribution in [2.75, 3.05) is 0 Å². The molecule has 2 aromatic rings. The van der Waals surface area contributed by atoms with Gasteiger partial charge in [0.1, 0.15) is 0 Å². The fourth-order valence-electron chi connectivity index (χ4n) is 2.20. The summed E-state index contributed by atoms with van der Waals surface area (Å²) in [5, 5.41) is 1.20. The number of para-hydroxylation sites is 1. The molecule has 0 spiro atoms. The van der Waals surface area contributed by atoms with Crippen LogP contribution in [0.5, 0.6) is 0 Å². The summed E-state index contributed by atoms with van der Waals surface area (Å²) in [6, 6.07) is 10.4. The first-order valence-corrected chi connectivity index (χ1v) is 6.53. The van der Waals surface area contributed by atoms with Crippen molar-refractivity contribution in [3.63, 3.8) is 0 Å². The van der Waals surface area contributed by atoms with Gasteiger partial charge in [0.05, 0.1) is 9.64 Å².